The Bertz CT molecular complexity index is 627. The summed E-state index contributed by atoms with van der Waals surface area (Å²) in [5, 5.41) is 5.58. The van der Waals surface area contributed by atoms with Crippen LogP contribution in [0.15, 0.2) is 48.7 Å². The number of nitrogens with one attached hydrogen (secondary N) is 2. The highest BCUT2D eigenvalue weighted by molar-refractivity contribution is 5.76. The van der Waals surface area contributed by atoms with Crippen LogP contribution in [-0.2, 0) is 17.5 Å². The normalized spacial score (nSPS) is 11.1. The maximum Gasteiger partial charge on any atom is 0.417 e. The second kappa shape index (κ2) is 7.62. The van der Waals surface area contributed by atoms with E-state index in [2.05, 4.69) is 15.6 Å². The third-order valence-electron chi connectivity index (χ3n) is 3.08. The van der Waals surface area contributed by atoms with Crippen LogP contribution in [0.4, 0.5) is 19.0 Å². The van der Waals surface area contributed by atoms with Crippen LogP contribution in [0, 0.1) is 0 Å². The average Bonchev–Trinajstić information content (AvgIpc) is 2.53. The molecule has 1 heterocycles. The van der Waals surface area contributed by atoms with Gasteiger partial charge >= 0.3 is 6.18 Å². The molecule has 4 nitrogen and oxygen atoms in total. The number of benzene rings is 1. The minimum absolute atomic E-state index is 0.145. The van der Waals surface area contributed by atoms with Crippen molar-refractivity contribution in [1.82, 2.24) is 10.3 Å². The van der Waals surface area contributed by atoms with E-state index in [4.69, 9.17) is 0 Å². The Morgan fingerprint density at radius 3 is 2.43 bits per heavy atom. The fourth-order valence-corrected chi connectivity index (χ4v) is 1.86. The van der Waals surface area contributed by atoms with Gasteiger partial charge in [0.2, 0.25) is 5.91 Å². The Morgan fingerprint density at radius 2 is 1.83 bits per heavy atom. The zero-order chi connectivity index (χ0) is 16.7. The van der Waals surface area contributed by atoms with Gasteiger partial charge in [-0.1, -0.05) is 30.3 Å². The van der Waals surface area contributed by atoms with E-state index in [-0.39, 0.29) is 12.3 Å². The monoisotopic (exact) mass is 323 g/mol. The zero-order valence-corrected chi connectivity index (χ0v) is 12.2. The van der Waals surface area contributed by atoms with Crippen LogP contribution in [0.1, 0.15) is 17.5 Å². The lowest BCUT2D eigenvalue weighted by Gasteiger charge is -2.09. The van der Waals surface area contributed by atoms with E-state index in [0.717, 1.165) is 17.8 Å². The molecular formula is C16H16F3N3O. The van der Waals surface area contributed by atoms with Gasteiger partial charge in [-0.2, -0.15) is 13.2 Å². The number of carbonyl (C=O) groups is 1. The SMILES string of the molecule is O=C(CCNc1ccc(C(F)(F)F)cn1)NCc1ccccc1. The number of aromatic nitrogens is 1. The highest BCUT2D eigenvalue weighted by Gasteiger charge is 2.30. The van der Waals surface area contributed by atoms with E-state index in [1.165, 1.54) is 6.07 Å². The number of pyridine rings is 1. The Kier molecular flexibility index (Phi) is 5.56. The fourth-order valence-electron chi connectivity index (χ4n) is 1.86. The fraction of sp³-hybridized carbons (Fsp3) is 0.250. The highest BCUT2D eigenvalue weighted by Crippen LogP contribution is 2.28. The second-order valence-corrected chi connectivity index (χ2v) is 4.87. The number of nitrogens with zero attached hydrogens (tertiary/aromatic N) is 1. The Balaban J connectivity index is 1.71. The molecule has 7 heteroatoms. The van der Waals surface area contributed by atoms with Crippen molar-refractivity contribution in [2.24, 2.45) is 0 Å². The molecule has 0 aliphatic carbocycles. The van der Waals surface area contributed by atoms with Crippen LogP contribution in [0.3, 0.4) is 0 Å². The number of hydrogen-bond donors (Lipinski definition) is 2. The van der Waals surface area contributed by atoms with E-state index in [1.807, 2.05) is 30.3 Å². The second-order valence-electron chi connectivity index (χ2n) is 4.87. The van der Waals surface area contributed by atoms with Crippen LogP contribution < -0.4 is 10.6 Å². The minimum atomic E-state index is -4.40. The molecule has 0 bridgehead atoms. The van der Waals surface area contributed by atoms with Crippen LogP contribution >= 0.6 is 0 Å². The average molecular weight is 323 g/mol. The molecule has 0 atom stereocenters. The van der Waals surface area contributed by atoms with Crippen molar-refractivity contribution in [3.05, 3.63) is 59.8 Å². The Hall–Kier alpha value is -2.57. The molecule has 0 fully saturated rings. The molecule has 0 unspecified atom stereocenters. The number of amides is 1. The van der Waals surface area contributed by atoms with Crippen molar-refractivity contribution < 1.29 is 18.0 Å². The predicted octanol–water partition coefficient (Wildman–Crippen LogP) is 3.22. The van der Waals surface area contributed by atoms with E-state index in [1.54, 1.807) is 0 Å². The van der Waals surface area contributed by atoms with Gasteiger partial charge in [-0.3, -0.25) is 4.79 Å². The van der Waals surface area contributed by atoms with Gasteiger partial charge in [-0.15, -0.1) is 0 Å². The van der Waals surface area contributed by atoms with Gasteiger partial charge < -0.3 is 10.6 Å². The molecule has 1 aromatic heterocycles. The molecule has 2 aromatic rings. The zero-order valence-electron chi connectivity index (χ0n) is 12.2. The van der Waals surface area contributed by atoms with Gasteiger partial charge in [0, 0.05) is 25.7 Å². The summed E-state index contributed by atoms with van der Waals surface area (Å²) in [7, 11) is 0. The van der Waals surface area contributed by atoms with Gasteiger partial charge in [0.05, 0.1) is 5.56 Å². The van der Waals surface area contributed by atoms with Crippen molar-refractivity contribution >= 4 is 11.7 Å². The molecule has 0 aliphatic heterocycles. The third-order valence-corrected chi connectivity index (χ3v) is 3.08. The smallest absolute Gasteiger partial charge is 0.370 e. The first-order valence-corrected chi connectivity index (χ1v) is 7.03. The minimum Gasteiger partial charge on any atom is -0.370 e. The van der Waals surface area contributed by atoms with Gasteiger partial charge in [0.15, 0.2) is 0 Å². The van der Waals surface area contributed by atoms with Gasteiger partial charge in [0.1, 0.15) is 5.82 Å². The molecular weight excluding hydrogens is 307 g/mol. The van der Waals surface area contributed by atoms with E-state index in [0.29, 0.717) is 18.9 Å². The quantitative estimate of drug-likeness (QED) is 0.858. The predicted molar refractivity (Wildman–Crippen MR) is 80.6 cm³/mol. The number of hydrogen-bond acceptors (Lipinski definition) is 3. The van der Waals surface area contributed by atoms with Gasteiger partial charge in [-0.25, -0.2) is 4.98 Å². The topological polar surface area (TPSA) is 54.0 Å². The summed E-state index contributed by atoms with van der Waals surface area (Å²) in [6.45, 7) is 0.733. The van der Waals surface area contributed by atoms with E-state index < -0.39 is 11.7 Å². The first-order chi connectivity index (χ1) is 10.9. The number of alkyl halides is 3. The lowest BCUT2D eigenvalue weighted by atomic mass is 10.2. The summed E-state index contributed by atoms with van der Waals surface area (Å²) in [5.41, 5.74) is 0.196. The summed E-state index contributed by atoms with van der Waals surface area (Å²) >= 11 is 0. The number of carbonyl (C=O) groups excluding carboxylic acids is 1. The van der Waals surface area contributed by atoms with Crippen LogP contribution in [0.25, 0.3) is 0 Å². The van der Waals surface area contributed by atoms with Gasteiger partial charge in [-0.05, 0) is 17.7 Å². The lowest BCUT2D eigenvalue weighted by molar-refractivity contribution is -0.137. The van der Waals surface area contributed by atoms with Crippen LogP contribution in [0.2, 0.25) is 0 Å². The lowest BCUT2D eigenvalue weighted by Crippen LogP contribution is -2.24. The molecule has 0 aliphatic rings. The highest BCUT2D eigenvalue weighted by atomic mass is 19.4. The summed E-state index contributed by atoms with van der Waals surface area (Å²) in [4.78, 5) is 15.3. The first-order valence-electron chi connectivity index (χ1n) is 7.03. The molecule has 0 spiro atoms. The molecule has 23 heavy (non-hydrogen) atoms. The molecule has 0 saturated heterocycles. The Morgan fingerprint density at radius 1 is 1.09 bits per heavy atom. The third kappa shape index (κ3) is 5.61. The molecule has 1 amide bonds. The van der Waals surface area contributed by atoms with Crippen molar-refractivity contribution in [2.75, 3.05) is 11.9 Å². The summed E-state index contributed by atoms with van der Waals surface area (Å²) in [5.74, 6) is 0.155. The van der Waals surface area contributed by atoms with E-state index in [9.17, 15) is 18.0 Å². The van der Waals surface area contributed by atoms with Crippen LogP contribution in [0.5, 0.6) is 0 Å². The van der Waals surface area contributed by atoms with Crippen molar-refractivity contribution in [2.45, 2.75) is 19.1 Å². The molecule has 0 radical (unpaired) electrons. The largest absolute Gasteiger partial charge is 0.417 e. The number of rotatable bonds is 6. The van der Waals surface area contributed by atoms with Crippen LogP contribution in [-0.4, -0.2) is 17.4 Å². The van der Waals surface area contributed by atoms with Gasteiger partial charge in [0.25, 0.3) is 0 Å². The summed E-state index contributed by atoms with van der Waals surface area (Å²) in [6.07, 6.45) is -3.43. The van der Waals surface area contributed by atoms with Crippen molar-refractivity contribution in [1.29, 1.82) is 0 Å². The molecule has 122 valence electrons. The Labute approximate surface area is 131 Å². The van der Waals surface area contributed by atoms with E-state index >= 15 is 0 Å². The van der Waals surface area contributed by atoms with Crippen molar-refractivity contribution in [3.8, 4) is 0 Å². The molecule has 0 saturated carbocycles. The number of anilines is 1. The summed E-state index contributed by atoms with van der Waals surface area (Å²) < 4.78 is 37.2. The summed E-state index contributed by atoms with van der Waals surface area (Å²) in [6, 6.07) is 11.7. The standard InChI is InChI=1S/C16H16F3N3O/c17-16(18,19)13-6-7-14(21-11-13)20-9-8-15(23)22-10-12-4-2-1-3-5-12/h1-7,11H,8-10H2,(H,20,21)(H,22,23). The molecule has 1 aromatic carbocycles. The molecule has 2 rings (SSSR count). The van der Waals surface area contributed by atoms with Crippen molar-refractivity contribution in [3.63, 3.8) is 0 Å². The number of halogens is 3. The maximum absolute atomic E-state index is 12.4. The molecule has 2 N–H and O–H groups in total. The maximum atomic E-state index is 12.4. The first kappa shape index (κ1) is 16.8.